The molecular weight excluding hydrogens is 272 g/mol. The molecule has 0 unspecified atom stereocenters. The number of ether oxygens (including phenoxy) is 2. The Hall–Kier alpha value is -0.860. The van der Waals surface area contributed by atoms with Crippen LogP contribution in [-0.4, -0.2) is 24.4 Å². The second-order valence-corrected chi connectivity index (χ2v) is 7.60. The van der Waals surface area contributed by atoms with Crippen molar-refractivity contribution in [1.82, 2.24) is 0 Å². The SMILES string of the molecule is CC1=C2CC[C@@]3(C)O[C@@H]3CC/C(C)=C/CC/C(C)=C/[C@@H]2OC1. The monoisotopic (exact) mass is 302 g/mol. The molecule has 0 saturated carbocycles. The summed E-state index contributed by atoms with van der Waals surface area (Å²) in [5, 5.41) is 0. The van der Waals surface area contributed by atoms with Gasteiger partial charge < -0.3 is 9.47 Å². The fourth-order valence-corrected chi connectivity index (χ4v) is 3.76. The van der Waals surface area contributed by atoms with Gasteiger partial charge in [0, 0.05) is 0 Å². The molecule has 2 nitrogen and oxygen atoms in total. The van der Waals surface area contributed by atoms with Gasteiger partial charge in [-0.3, -0.25) is 0 Å². The highest BCUT2D eigenvalue weighted by Gasteiger charge is 2.51. The van der Waals surface area contributed by atoms with Gasteiger partial charge in [-0.05, 0) is 77.4 Å². The fourth-order valence-electron chi connectivity index (χ4n) is 3.76. The van der Waals surface area contributed by atoms with Crippen molar-refractivity contribution in [3.63, 3.8) is 0 Å². The minimum absolute atomic E-state index is 0.101. The fraction of sp³-hybridized carbons (Fsp3) is 0.700. The quantitative estimate of drug-likeness (QED) is 0.458. The molecule has 2 heterocycles. The number of hydrogen-bond donors (Lipinski definition) is 0. The summed E-state index contributed by atoms with van der Waals surface area (Å²) in [6.45, 7) is 9.80. The molecule has 0 aromatic heterocycles. The van der Waals surface area contributed by atoms with E-state index in [0.717, 1.165) is 32.3 Å². The number of hydrogen-bond acceptors (Lipinski definition) is 2. The lowest BCUT2D eigenvalue weighted by atomic mass is 9.91. The van der Waals surface area contributed by atoms with Crippen LogP contribution in [0.5, 0.6) is 0 Å². The van der Waals surface area contributed by atoms with Crippen molar-refractivity contribution in [2.24, 2.45) is 0 Å². The van der Waals surface area contributed by atoms with Gasteiger partial charge in [0.1, 0.15) is 0 Å². The van der Waals surface area contributed by atoms with E-state index in [1.165, 1.54) is 35.1 Å². The molecule has 0 N–H and O–H groups in total. The van der Waals surface area contributed by atoms with Crippen molar-refractivity contribution in [2.75, 3.05) is 6.61 Å². The Kier molecular flexibility index (Phi) is 4.61. The molecular formula is C20H30O2. The number of allylic oxidation sites excluding steroid dienone is 3. The van der Waals surface area contributed by atoms with Crippen LogP contribution in [0, 0.1) is 0 Å². The molecule has 0 bridgehead atoms. The molecule has 3 rings (SSSR count). The number of fused-ring (bicyclic) bond motifs is 2. The summed E-state index contributed by atoms with van der Waals surface area (Å²) >= 11 is 0. The summed E-state index contributed by atoms with van der Waals surface area (Å²) in [6, 6.07) is 0. The molecule has 0 spiro atoms. The molecule has 1 aliphatic carbocycles. The first kappa shape index (κ1) is 16.0. The molecule has 1 fully saturated rings. The minimum Gasteiger partial charge on any atom is -0.366 e. The number of epoxide rings is 1. The lowest BCUT2D eigenvalue weighted by molar-refractivity contribution is 0.150. The van der Waals surface area contributed by atoms with Gasteiger partial charge in [-0.25, -0.2) is 0 Å². The predicted octanol–water partition coefficient (Wildman–Crippen LogP) is 5.11. The smallest absolute Gasteiger partial charge is 0.0977 e. The van der Waals surface area contributed by atoms with Crippen LogP contribution in [0.4, 0.5) is 0 Å². The number of rotatable bonds is 0. The zero-order valence-electron chi connectivity index (χ0n) is 14.6. The van der Waals surface area contributed by atoms with E-state index in [9.17, 15) is 0 Å². The summed E-state index contributed by atoms with van der Waals surface area (Å²) < 4.78 is 12.0. The second-order valence-electron chi connectivity index (χ2n) is 7.60. The minimum atomic E-state index is 0.101. The largest absolute Gasteiger partial charge is 0.366 e. The Labute approximate surface area is 135 Å². The van der Waals surface area contributed by atoms with Gasteiger partial charge in [-0.2, -0.15) is 0 Å². The Morgan fingerprint density at radius 1 is 1.09 bits per heavy atom. The van der Waals surface area contributed by atoms with Gasteiger partial charge in [-0.15, -0.1) is 0 Å². The molecule has 0 radical (unpaired) electrons. The summed E-state index contributed by atoms with van der Waals surface area (Å²) in [7, 11) is 0. The summed E-state index contributed by atoms with van der Waals surface area (Å²) in [4.78, 5) is 0. The average Bonchev–Trinajstić information content (AvgIpc) is 2.99. The van der Waals surface area contributed by atoms with Crippen LogP contribution in [0.1, 0.15) is 66.2 Å². The third-order valence-electron chi connectivity index (χ3n) is 5.57. The van der Waals surface area contributed by atoms with Crippen molar-refractivity contribution >= 4 is 0 Å². The Morgan fingerprint density at radius 2 is 1.91 bits per heavy atom. The maximum Gasteiger partial charge on any atom is 0.0977 e. The van der Waals surface area contributed by atoms with Gasteiger partial charge in [0.15, 0.2) is 0 Å². The maximum absolute atomic E-state index is 6.03. The van der Waals surface area contributed by atoms with Crippen molar-refractivity contribution < 1.29 is 9.47 Å². The third kappa shape index (κ3) is 3.55. The van der Waals surface area contributed by atoms with Crippen molar-refractivity contribution in [1.29, 1.82) is 0 Å². The van der Waals surface area contributed by atoms with Crippen molar-refractivity contribution in [3.8, 4) is 0 Å². The lowest BCUT2D eigenvalue weighted by Gasteiger charge is -2.15. The lowest BCUT2D eigenvalue weighted by Crippen LogP contribution is -2.14. The van der Waals surface area contributed by atoms with Gasteiger partial charge >= 0.3 is 0 Å². The Bertz CT molecular complexity index is 526. The second kappa shape index (κ2) is 6.33. The van der Waals surface area contributed by atoms with Crippen LogP contribution in [0.25, 0.3) is 0 Å². The van der Waals surface area contributed by atoms with E-state index in [4.69, 9.17) is 9.47 Å². The first-order valence-corrected chi connectivity index (χ1v) is 8.79. The first-order valence-electron chi connectivity index (χ1n) is 8.79. The van der Waals surface area contributed by atoms with Gasteiger partial charge in [0.2, 0.25) is 0 Å². The topological polar surface area (TPSA) is 21.8 Å². The van der Waals surface area contributed by atoms with E-state index < -0.39 is 0 Å². The molecule has 2 aliphatic heterocycles. The van der Waals surface area contributed by atoms with E-state index in [1.807, 2.05) is 0 Å². The molecule has 2 heteroatoms. The van der Waals surface area contributed by atoms with Crippen LogP contribution in [-0.2, 0) is 9.47 Å². The highest BCUT2D eigenvalue weighted by atomic mass is 16.6. The van der Waals surface area contributed by atoms with Gasteiger partial charge in [-0.1, -0.05) is 23.3 Å². The molecule has 1 saturated heterocycles. The van der Waals surface area contributed by atoms with Crippen LogP contribution in [0.3, 0.4) is 0 Å². The Balaban J connectivity index is 1.78. The summed E-state index contributed by atoms with van der Waals surface area (Å²) in [6.07, 6.45) is 12.3. The summed E-state index contributed by atoms with van der Waals surface area (Å²) in [5.41, 5.74) is 5.99. The maximum atomic E-state index is 6.03. The van der Waals surface area contributed by atoms with Gasteiger partial charge in [0.05, 0.1) is 24.4 Å². The third-order valence-corrected chi connectivity index (χ3v) is 5.57. The van der Waals surface area contributed by atoms with Gasteiger partial charge in [0.25, 0.3) is 0 Å². The van der Waals surface area contributed by atoms with E-state index in [1.54, 1.807) is 0 Å². The molecule has 3 aliphatic rings. The molecule has 122 valence electrons. The highest BCUT2D eigenvalue weighted by molar-refractivity contribution is 5.28. The molecule has 0 aromatic rings. The molecule has 0 amide bonds. The zero-order valence-corrected chi connectivity index (χ0v) is 14.6. The highest BCUT2D eigenvalue weighted by Crippen LogP contribution is 2.45. The van der Waals surface area contributed by atoms with E-state index in [0.29, 0.717) is 6.10 Å². The zero-order chi connectivity index (χ0) is 15.7. The first-order chi connectivity index (χ1) is 10.5. The van der Waals surface area contributed by atoms with Crippen LogP contribution >= 0.6 is 0 Å². The average molecular weight is 302 g/mol. The molecule has 0 aromatic carbocycles. The van der Waals surface area contributed by atoms with E-state index in [2.05, 4.69) is 39.8 Å². The van der Waals surface area contributed by atoms with E-state index in [-0.39, 0.29) is 11.7 Å². The van der Waals surface area contributed by atoms with Crippen molar-refractivity contribution in [3.05, 3.63) is 34.4 Å². The Morgan fingerprint density at radius 3 is 2.73 bits per heavy atom. The molecule has 3 atom stereocenters. The van der Waals surface area contributed by atoms with Crippen LogP contribution < -0.4 is 0 Å². The predicted molar refractivity (Wildman–Crippen MR) is 90.9 cm³/mol. The van der Waals surface area contributed by atoms with Crippen LogP contribution in [0.15, 0.2) is 34.4 Å². The molecule has 22 heavy (non-hydrogen) atoms. The van der Waals surface area contributed by atoms with Crippen LogP contribution in [0.2, 0.25) is 0 Å². The summed E-state index contributed by atoms with van der Waals surface area (Å²) in [5.74, 6) is 0. The standard InChI is InChI=1S/C20H30O2/c1-14-6-5-7-15(2)12-18-17(16(3)13-21-18)10-11-20(4)19(22-20)9-8-14/h6,12,18-19H,5,7-11,13H2,1-4H3/b14-6+,15-12+/t18-,19+,20+/m0/s1. The van der Waals surface area contributed by atoms with Crippen molar-refractivity contribution in [2.45, 2.75) is 84.0 Å². The normalized spacial score (nSPS) is 41.6. The van der Waals surface area contributed by atoms with E-state index >= 15 is 0 Å².